The Morgan fingerprint density at radius 3 is 2.36 bits per heavy atom. The van der Waals surface area contributed by atoms with Gasteiger partial charge in [-0.25, -0.2) is 0 Å². The molecule has 0 aliphatic carbocycles. The van der Waals surface area contributed by atoms with Crippen molar-refractivity contribution in [2.75, 3.05) is 0 Å². The molecule has 0 aliphatic heterocycles. The first kappa shape index (κ1) is 16.2. The summed E-state index contributed by atoms with van der Waals surface area (Å²) in [6.07, 6.45) is 2.44. The molecule has 0 atom stereocenters. The standard InChI is InChI=1S/C17H17NO3S/c1-13-5-10-17(22(19,20)21)11-16(13)4-2-3-14-6-8-15(12-18)9-7-14/h5-11H,2-4H2,1H3,(H,19,20,21). The van der Waals surface area contributed by atoms with Crippen molar-refractivity contribution >= 4 is 10.1 Å². The molecule has 5 heteroatoms. The molecule has 2 aromatic rings. The lowest BCUT2D eigenvalue weighted by Crippen LogP contribution is -2.01. The minimum Gasteiger partial charge on any atom is -0.282 e. The van der Waals surface area contributed by atoms with Crippen molar-refractivity contribution in [1.82, 2.24) is 0 Å². The molecule has 2 aromatic carbocycles. The van der Waals surface area contributed by atoms with Gasteiger partial charge in [0.1, 0.15) is 0 Å². The van der Waals surface area contributed by atoms with Crippen molar-refractivity contribution in [3.63, 3.8) is 0 Å². The highest BCUT2D eigenvalue weighted by Gasteiger charge is 2.11. The highest BCUT2D eigenvalue weighted by molar-refractivity contribution is 7.85. The average molecular weight is 315 g/mol. The summed E-state index contributed by atoms with van der Waals surface area (Å²) in [6, 6.07) is 14.2. The van der Waals surface area contributed by atoms with Gasteiger partial charge in [0.05, 0.1) is 16.5 Å². The smallest absolute Gasteiger partial charge is 0.282 e. The second-order valence-electron chi connectivity index (χ2n) is 5.23. The van der Waals surface area contributed by atoms with Gasteiger partial charge < -0.3 is 0 Å². The van der Waals surface area contributed by atoms with Crippen molar-refractivity contribution in [3.05, 3.63) is 64.7 Å². The zero-order chi connectivity index (χ0) is 16.2. The lowest BCUT2D eigenvalue weighted by atomic mass is 10.0. The van der Waals surface area contributed by atoms with Crippen LogP contribution in [0.3, 0.4) is 0 Å². The molecule has 0 aliphatic rings. The maximum absolute atomic E-state index is 11.2. The van der Waals surface area contributed by atoms with Gasteiger partial charge in [-0.2, -0.15) is 13.7 Å². The molecular formula is C17H17NO3S. The monoisotopic (exact) mass is 315 g/mol. The molecule has 0 spiro atoms. The Morgan fingerprint density at radius 2 is 1.77 bits per heavy atom. The summed E-state index contributed by atoms with van der Waals surface area (Å²) in [6.45, 7) is 1.92. The maximum atomic E-state index is 11.2. The van der Waals surface area contributed by atoms with Crippen LogP contribution in [0.2, 0.25) is 0 Å². The molecular weight excluding hydrogens is 298 g/mol. The minimum absolute atomic E-state index is 0.0635. The number of hydrogen-bond donors (Lipinski definition) is 1. The van der Waals surface area contributed by atoms with E-state index < -0.39 is 10.1 Å². The van der Waals surface area contributed by atoms with Gasteiger partial charge >= 0.3 is 0 Å². The van der Waals surface area contributed by atoms with Gasteiger partial charge in [0.15, 0.2) is 0 Å². The molecule has 2 rings (SSSR count). The zero-order valence-corrected chi connectivity index (χ0v) is 13.1. The van der Waals surface area contributed by atoms with Crippen LogP contribution in [0.15, 0.2) is 47.4 Å². The predicted molar refractivity (Wildman–Crippen MR) is 84.2 cm³/mol. The Kier molecular flexibility index (Phi) is 4.96. The van der Waals surface area contributed by atoms with E-state index in [0.29, 0.717) is 5.56 Å². The van der Waals surface area contributed by atoms with Crippen molar-refractivity contribution < 1.29 is 13.0 Å². The summed E-state index contributed by atoms with van der Waals surface area (Å²) in [7, 11) is -4.16. The van der Waals surface area contributed by atoms with E-state index in [1.165, 1.54) is 12.1 Å². The Labute approximate surface area is 130 Å². The van der Waals surface area contributed by atoms with Crippen LogP contribution >= 0.6 is 0 Å². The van der Waals surface area contributed by atoms with Gasteiger partial charge in [-0.1, -0.05) is 18.2 Å². The maximum Gasteiger partial charge on any atom is 0.294 e. The van der Waals surface area contributed by atoms with Crippen LogP contribution in [-0.2, 0) is 23.0 Å². The molecule has 0 saturated carbocycles. The summed E-state index contributed by atoms with van der Waals surface area (Å²) >= 11 is 0. The molecule has 114 valence electrons. The lowest BCUT2D eigenvalue weighted by molar-refractivity contribution is 0.483. The van der Waals surface area contributed by atoms with Crippen LogP contribution in [-0.4, -0.2) is 13.0 Å². The van der Waals surface area contributed by atoms with Crippen molar-refractivity contribution in [2.24, 2.45) is 0 Å². The summed E-state index contributed by atoms with van der Waals surface area (Å²) in [4.78, 5) is -0.0635. The van der Waals surface area contributed by atoms with Gasteiger partial charge in [0.2, 0.25) is 0 Å². The van der Waals surface area contributed by atoms with Gasteiger partial charge in [0, 0.05) is 0 Å². The van der Waals surface area contributed by atoms with E-state index in [9.17, 15) is 8.42 Å². The summed E-state index contributed by atoms with van der Waals surface area (Å²) in [5.74, 6) is 0. The van der Waals surface area contributed by atoms with Crippen molar-refractivity contribution in [2.45, 2.75) is 31.1 Å². The van der Waals surface area contributed by atoms with E-state index in [0.717, 1.165) is 36.0 Å². The van der Waals surface area contributed by atoms with Crippen LogP contribution in [0.1, 0.15) is 28.7 Å². The Morgan fingerprint density at radius 1 is 1.09 bits per heavy atom. The molecule has 1 N–H and O–H groups in total. The van der Waals surface area contributed by atoms with Crippen LogP contribution in [0.25, 0.3) is 0 Å². The first-order chi connectivity index (χ1) is 10.4. The minimum atomic E-state index is -4.16. The molecule has 22 heavy (non-hydrogen) atoms. The molecule has 0 radical (unpaired) electrons. The second-order valence-corrected chi connectivity index (χ2v) is 6.65. The topological polar surface area (TPSA) is 78.2 Å². The number of benzene rings is 2. The molecule has 0 saturated heterocycles. The van der Waals surface area contributed by atoms with Gasteiger partial charge in [-0.3, -0.25) is 4.55 Å². The van der Waals surface area contributed by atoms with Gasteiger partial charge in [-0.15, -0.1) is 0 Å². The van der Waals surface area contributed by atoms with Crippen LogP contribution in [0.5, 0.6) is 0 Å². The predicted octanol–water partition coefficient (Wildman–Crippen LogP) is 3.29. The SMILES string of the molecule is Cc1ccc(S(=O)(=O)O)cc1CCCc1ccc(C#N)cc1. The molecule has 0 bridgehead atoms. The Hall–Kier alpha value is -2.16. The molecule has 0 fully saturated rings. The highest BCUT2D eigenvalue weighted by Crippen LogP contribution is 2.18. The van der Waals surface area contributed by atoms with E-state index in [-0.39, 0.29) is 4.90 Å². The number of nitrogens with zero attached hydrogens (tertiary/aromatic N) is 1. The number of aryl methyl sites for hydroxylation is 3. The highest BCUT2D eigenvalue weighted by atomic mass is 32.2. The Balaban J connectivity index is 2.03. The van der Waals surface area contributed by atoms with E-state index in [4.69, 9.17) is 9.81 Å². The fourth-order valence-electron chi connectivity index (χ4n) is 2.31. The van der Waals surface area contributed by atoms with Crippen molar-refractivity contribution in [3.8, 4) is 6.07 Å². The summed E-state index contributed by atoms with van der Waals surface area (Å²) < 4.78 is 31.5. The first-order valence-electron chi connectivity index (χ1n) is 6.96. The summed E-state index contributed by atoms with van der Waals surface area (Å²) in [5.41, 5.74) is 3.71. The molecule has 0 unspecified atom stereocenters. The van der Waals surface area contributed by atoms with E-state index in [1.807, 2.05) is 19.1 Å². The number of hydrogen-bond acceptors (Lipinski definition) is 3. The van der Waals surface area contributed by atoms with E-state index in [1.54, 1.807) is 18.2 Å². The van der Waals surface area contributed by atoms with Crippen LogP contribution in [0.4, 0.5) is 0 Å². The summed E-state index contributed by atoms with van der Waals surface area (Å²) in [5, 5.41) is 8.76. The fraction of sp³-hybridized carbons (Fsp3) is 0.235. The third-order valence-corrected chi connectivity index (χ3v) is 4.46. The molecule has 4 nitrogen and oxygen atoms in total. The van der Waals surface area contributed by atoms with Crippen LogP contribution in [0, 0.1) is 18.3 Å². The molecule has 0 aromatic heterocycles. The van der Waals surface area contributed by atoms with E-state index >= 15 is 0 Å². The second kappa shape index (κ2) is 6.73. The molecule has 0 amide bonds. The van der Waals surface area contributed by atoms with E-state index in [2.05, 4.69) is 6.07 Å². The Bertz CT molecular complexity index is 803. The number of nitriles is 1. The normalized spacial score (nSPS) is 11.1. The van der Waals surface area contributed by atoms with Crippen LogP contribution < -0.4 is 0 Å². The lowest BCUT2D eigenvalue weighted by Gasteiger charge is -2.08. The average Bonchev–Trinajstić information content (AvgIpc) is 2.48. The zero-order valence-electron chi connectivity index (χ0n) is 12.3. The third kappa shape index (κ3) is 4.17. The quantitative estimate of drug-likeness (QED) is 0.859. The molecule has 0 heterocycles. The van der Waals surface area contributed by atoms with Crippen molar-refractivity contribution in [1.29, 1.82) is 5.26 Å². The first-order valence-corrected chi connectivity index (χ1v) is 8.40. The number of rotatable bonds is 5. The fourth-order valence-corrected chi connectivity index (χ4v) is 2.84. The van der Waals surface area contributed by atoms with Gasteiger partial charge in [0.25, 0.3) is 10.1 Å². The largest absolute Gasteiger partial charge is 0.294 e. The third-order valence-electron chi connectivity index (χ3n) is 3.61. The van der Waals surface area contributed by atoms with Gasteiger partial charge in [-0.05, 0) is 67.1 Å².